The second-order valence-electron chi connectivity index (χ2n) is 5.72. The van der Waals surface area contributed by atoms with Crippen LogP contribution in [-0.2, 0) is 5.41 Å². The van der Waals surface area contributed by atoms with Gasteiger partial charge in [0, 0.05) is 11.5 Å². The van der Waals surface area contributed by atoms with Gasteiger partial charge in [-0.25, -0.2) is 4.39 Å². The monoisotopic (exact) mass is 285 g/mol. The molecule has 2 heteroatoms. The molecule has 1 unspecified atom stereocenters. The number of halogens is 1. The van der Waals surface area contributed by atoms with Gasteiger partial charge in [0.1, 0.15) is 5.82 Å². The van der Waals surface area contributed by atoms with Crippen LogP contribution >= 0.6 is 0 Å². The van der Waals surface area contributed by atoms with Gasteiger partial charge in [-0.15, -0.1) is 0 Å². The number of hydrogen-bond donors (Lipinski definition) is 1. The molecule has 21 heavy (non-hydrogen) atoms. The van der Waals surface area contributed by atoms with E-state index in [1.54, 1.807) is 6.92 Å². The van der Waals surface area contributed by atoms with Gasteiger partial charge in [0.05, 0.1) is 0 Å². The Bertz CT molecular complexity index is 588. The topological polar surface area (TPSA) is 26.0 Å². The summed E-state index contributed by atoms with van der Waals surface area (Å²) in [5.41, 5.74) is 9.41. The first-order chi connectivity index (χ1) is 10.0. The molecule has 2 aromatic rings. The lowest BCUT2D eigenvalue weighted by atomic mass is 9.68. The second-order valence-corrected chi connectivity index (χ2v) is 5.72. The molecular weight excluding hydrogens is 261 g/mol. The first kappa shape index (κ1) is 15.7. The van der Waals surface area contributed by atoms with Crippen molar-refractivity contribution in [1.82, 2.24) is 0 Å². The summed E-state index contributed by atoms with van der Waals surface area (Å²) in [7, 11) is 0. The zero-order valence-electron chi connectivity index (χ0n) is 13.1. The molecule has 0 saturated heterocycles. The van der Waals surface area contributed by atoms with Crippen molar-refractivity contribution in [3.8, 4) is 0 Å². The second kappa shape index (κ2) is 6.40. The lowest BCUT2D eigenvalue weighted by Crippen LogP contribution is -2.38. The van der Waals surface area contributed by atoms with E-state index in [0.717, 1.165) is 18.4 Å². The molecule has 0 radical (unpaired) electrons. The summed E-state index contributed by atoms with van der Waals surface area (Å²) in [6, 6.07) is 15.5. The zero-order valence-corrected chi connectivity index (χ0v) is 13.1. The van der Waals surface area contributed by atoms with Crippen molar-refractivity contribution in [3.63, 3.8) is 0 Å². The van der Waals surface area contributed by atoms with Gasteiger partial charge >= 0.3 is 0 Å². The van der Waals surface area contributed by atoms with E-state index < -0.39 is 0 Å². The molecule has 0 aliphatic rings. The molecule has 2 aromatic carbocycles. The van der Waals surface area contributed by atoms with E-state index in [1.807, 2.05) is 18.2 Å². The Balaban J connectivity index is 2.49. The van der Waals surface area contributed by atoms with E-state index in [9.17, 15) is 4.39 Å². The molecule has 0 aromatic heterocycles. The number of rotatable bonds is 5. The first-order valence-electron chi connectivity index (χ1n) is 7.62. The van der Waals surface area contributed by atoms with Crippen LogP contribution in [-0.4, -0.2) is 0 Å². The number of hydrogen-bond acceptors (Lipinski definition) is 1. The number of aryl methyl sites for hydroxylation is 1. The van der Waals surface area contributed by atoms with Crippen molar-refractivity contribution in [3.05, 3.63) is 71.0 Å². The highest BCUT2D eigenvalue weighted by atomic mass is 19.1. The van der Waals surface area contributed by atoms with Crippen LogP contribution < -0.4 is 5.73 Å². The molecule has 0 aliphatic carbocycles. The van der Waals surface area contributed by atoms with E-state index in [1.165, 1.54) is 11.6 Å². The summed E-state index contributed by atoms with van der Waals surface area (Å²) in [4.78, 5) is 0. The molecule has 112 valence electrons. The minimum Gasteiger partial charge on any atom is -0.323 e. The van der Waals surface area contributed by atoms with Gasteiger partial charge in [-0.1, -0.05) is 56.3 Å². The predicted molar refractivity (Wildman–Crippen MR) is 86.8 cm³/mol. The molecule has 1 nitrogen and oxygen atoms in total. The van der Waals surface area contributed by atoms with Crippen molar-refractivity contribution < 1.29 is 4.39 Å². The quantitative estimate of drug-likeness (QED) is 0.831. The van der Waals surface area contributed by atoms with Crippen molar-refractivity contribution >= 4 is 0 Å². The lowest BCUT2D eigenvalue weighted by Gasteiger charge is -2.38. The molecule has 0 bridgehead atoms. The maximum atomic E-state index is 13.5. The van der Waals surface area contributed by atoms with Crippen LogP contribution in [0.5, 0.6) is 0 Å². The fourth-order valence-corrected chi connectivity index (χ4v) is 3.23. The third kappa shape index (κ3) is 2.86. The van der Waals surface area contributed by atoms with Gasteiger partial charge < -0.3 is 5.73 Å². The van der Waals surface area contributed by atoms with Gasteiger partial charge in [-0.05, 0) is 42.5 Å². The molecular formula is C19H24FN. The average Bonchev–Trinajstić information content (AvgIpc) is 2.52. The Hall–Kier alpha value is -1.67. The summed E-state index contributed by atoms with van der Waals surface area (Å²) in [6.07, 6.45) is 1.90. The van der Waals surface area contributed by atoms with Crippen LogP contribution in [0.15, 0.2) is 48.5 Å². The molecule has 1 atom stereocenters. The summed E-state index contributed by atoms with van der Waals surface area (Å²) in [5.74, 6) is -0.177. The van der Waals surface area contributed by atoms with Gasteiger partial charge in [-0.3, -0.25) is 0 Å². The van der Waals surface area contributed by atoms with Crippen LogP contribution in [0, 0.1) is 12.7 Å². The van der Waals surface area contributed by atoms with Crippen LogP contribution in [0.2, 0.25) is 0 Å². The fraction of sp³-hybridized carbons (Fsp3) is 0.368. The van der Waals surface area contributed by atoms with E-state index in [0.29, 0.717) is 5.56 Å². The molecule has 2 N–H and O–H groups in total. The van der Waals surface area contributed by atoms with Crippen molar-refractivity contribution in [2.24, 2.45) is 5.73 Å². The van der Waals surface area contributed by atoms with Crippen LogP contribution in [0.4, 0.5) is 4.39 Å². The smallest absolute Gasteiger partial charge is 0.126 e. The Morgan fingerprint density at radius 1 is 1.05 bits per heavy atom. The normalized spacial score (nSPS) is 13.2. The van der Waals surface area contributed by atoms with Crippen LogP contribution in [0.3, 0.4) is 0 Å². The minimum atomic E-state index is -0.177. The van der Waals surface area contributed by atoms with Gasteiger partial charge in [-0.2, -0.15) is 0 Å². The van der Waals surface area contributed by atoms with Crippen molar-refractivity contribution in [1.29, 1.82) is 0 Å². The number of nitrogens with two attached hydrogens (primary N) is 1. The molecule has 0 fully saturated rings. The number of benzene rings is 2. The third-order valence-corrected chi connectivity index (χ3v) is 4.75. The SMILES string of the molecule is CCC(CC)(c1ccccc1)C(N)c1ccc(F)c(C)c1. The minimum absolute atomic E-state index is 0.120. The summed E-state index contributed by atoms with van der Waals surface area (Å²) in [5, 5.41) is 0. The Labute approximate surface area is 127 Å². The van der Waals surface area contributed by atoms with Gasteiger partial charge in [0.2, 0.25) is 0 Å². The average molecular weight is 285 g/mol. The van der Waals surface area contributed by atoms with Crippen LogP contribution in [0.1, 0.15) is 49.4 Å². The summed E-state index contributed by atoms with van der Waals surface area (Å²) < 4.78 is 13.5. The first-order valence-corrected chi connectivity index (χ1v) is 7.62. The maximum absolute atomic E-state index is 13.5. The molecule has 0 aliphatic heterocycles. The van der Waals surface area contributed by atoms with E-state index in [4.69, 9.17) is 5.73 Å². The Kier molecular flexibility index (Phi) is 4.79. The van der Waals surface area contributed by atoms with Gasteiger partial charge in [0.25, 0.3) is 0 Å². The molecule has 0 saturated carbocycles. The zero-order chi connectivity index (χ0) is 15.5. The fourth-order valence-electron chi connectivity index (χ4n) is 3.23. The molecule has 2 rings (SSSR count). The highest BCUT2D eigenvalue weighted by Crippen LogP contribution is 2.41. The molecule has 0 amide bonds. The van der Waals surface area contributed by atoms with Crippen molar-refractivity contribution in [2.75, 3.05) is 0 Å². The highest BCUT2D eigenvalue weighted by molar-refractivity contribution is 5.35. The van der Waals surface area contributed by atoms with Crippen molar-refractivity contribution in [2.45, 2.75) is 45.1 Å². The van der Waals surface area contributed by atoms with E-state index in [-0.39, 0.29) is 17.3 Å². The predicted octanol–water partition coefficient (Wildman–Crippen LogP) is 4.89. The van der Waals surface area contributed by atoms with Gasteiger partial charge in [0.15, 0.2) is 0 Å². The summed E-state index contributed by atoms with van der Waals surface area (Å²) >= 11 is 0. The molecule has 0 spiro atoms. The largest absolute Gasteiger partial charge is 0.323 e. The summed E-state index contributed by atoms with van der Waals surface area (Å²) in [6.45, 7) is 6.13. The highest BCUT2D eigenvalue weighted by Gasteiger charge is 2.36. The van der Waals surface area contributed by atoms with E-state index >= 15 is 0 Å². The Morgan fingerprint density at radius 2 is 1.67 bits per heavy atom. The van der Waals surface area contributed by atoms with E-state index in [2.05, 4.69) is 38.1 Å². The Morgan fingerprint density at radius 3 is 2.19 bits per heavy atom. The lowest BCUT2D eigenvalue weighted by molar-refractivity contribution is 0.322. The molecule has 0 heterocycles. The standard InChI is InChI=1S/C19H24FN/c1-4-19(5-2,16-9-7-6-8-10-16)18(21)15-11-12-17(20)14(3)13-15/h6-13,18H,4-5,21H2,1-3H3. The van der Waals surface area contributed by atoms with Crippen LogP contribution in [0.25, 0.3) is 0 Å². The maximum Gasteiger partial charge on any atom is 0.126 e. The third-order valence-electron chi connectivity index (χ3n) is 4.75.